The molecule has 4 aromatic rings. The molecule has 0 unspecified atom stereocenters. The molecule has 2 atom stereocenters. The van der Waals surface area contributed by atoms with Crippen molar-refractivity contribution in [3.63, 3.8) is 0 Å². The second kappa shape index (κ2) is 15.5. The SMILES string of the molecule is CC(C)[C@H](CC(=O)NCC(C)(C)C(N)=O)c1ncc(-c2ccc(-c3ccc(-c4cnc([C@H](C)CC(=O)NCC(C)(C)C(N)=O)[nH]4)cc3)cc2)[nH]1. The van der Waals surface area contributed by atoms with Crippen LogP contribution in [0.15, 0.2) is 60.9 Å². The van der Waals surface area contributed by atoms with E-state index in [2.05, 4.69) is 68.7 Å². The number of H-pyrrole nitrogens is 2. The molecule has 0 aliphatic rings. The first-order chi connectivity index (χ1) is 23.5. The van der Waals surface area contributed by atoms with Gasteiger partial charge >= 0.3 is 0 Å². The molecule has 266 valence electrons. The fraction of sp³-hybridized carbons (Fsp3) is 0.421. The van der Waals surface area contributed by atoms with Crippen molar-refractivity contribution in [2.75, 3.05) is 13.1 Å². The van der Waals surface area contributed by atoms with Crippen LogP contribution in [0.3, 0.4) is 0 Å². The Morgan fingerprint density at radius 3 is 1.44 bits per heavy atom. The molecule has 0 aliphatic heterocycles. The third kappa shape index (κ3) is 9.46. The molecule has 4 rings (SSSR count). The van der Waals surface area contributed by atoms with E-state index in [9.17, 15) is 19.2 Å². The number of primary amides is 2. The highest BCUT2D eigenvalue weighted by molar-refractivity contribution is 5.83. The van der Waals surface area contributed by atoms with E-state index in [4.69, 9.17) is 11.5 Å². The van der Waals surface area contributed by atoms with Crippen molar-refractivity contribution in [3.05, 3.63) is 72.6 Å². The molecule has 4 amide bonds. The summed E-state index contributed by atoms with van der Waals surface area (Å²) in [6.07, 6.45) is 4.02. The van der Waals surface area contributed by atoms with E-state index in [1.807, 2.05) is 31.2 Å². The van der Waals surface area contributed by atoms with E-state index in [1.54, 1.807) is 40.1 Å². The highest BCUT2D eigenvalue weighted by atomic mass is 16.2. The minimum Gasteiger partial charge on any atom is -0.369 e. The molecular weight excluding hydrogens is 632 g/mol. The van der Waals surface area contributed by atoms with Crippen LogP contribution in [0, 0.1) is 16.7 Å². The molecule has 0 aliphatic carbocycles. The van der Waals surface area contributed by atoms with Gasteiger partial charge in [0.1, 0.15) is 11.6 Å². The maximum absolute atomic E-state index is 12.7. The van der Waals surface area contributed by atoms with Gasteiger partial charge in [-0.1, -0.05) is 69.3 Å². The fourth-order valence-corrected chi connectivity index (χ4v) is 5.27. The van der Waals surface area contributed by atoms with Crippen LogP contribution in [0.4, 0.5) is 0 Å². The molecule has 0 saturated heterocycles. The van der Waals surface area contributed by atoms with Crippen LogP contribution in [0.5, 0.6) is 0 Å². The van der Waals surface area contributed by atoms with Crippen LogP contribution in [0.25, 0.3) is 33.6 Å². The molecule has 0 bridgehead atoms. The minimum atomic E-state index is -0.825. The number of nitrogens with two attached hydrogens (primary N) is 2. The number of benzene rings is 2. The number of aromatic nitrogens is 4. The molecule has 50 heavy (non-hydrogen) atoms. The summed E-state index contributed by atoms with van der Waals surface area (Å²) in [4.78, 5) is 64.2. The lowest BCUT2D eigenvalue weighted by Crippen LogP contribution is -2.42. The topological polar surface area (TPSA) is 202 Å². The maximum atomic E-state index is 12.7. The number of imidazole rings is 2. The molecule has 0 saturated carbocycles. The Balaban J connectivity index is 1.36. The smallest absolute Gasteiger partial charge is 0.224 e. The molecule has 12 heteroatoms. The summed E-state index contributed by atoms with van der Waals surface area (Å²) in [6, 6.07) is 16.4. The van der Waals surface area contributed by atoms with Crippen molar-refractivity contribution >= 4 is 23.6 Å². The predicted octanol–water partition coefficient (Wildman–Crippen LogP) is 5.01. The van der Waals surface area contributed by atoms with Gasteiger partial charge in [0.15, 0.2) is 0 Å². The van der Waals surface area contributed by atoms with Crippen LogP contribution in [0.2, 0.25) is 0 Å². The highest BCUT2D eigenvalue weighted by Crippen LogP contribution is 2.30. The average molecular weight is 683 g/mol. The normalized spacial score (nSPS) is 13.1. The zero-order valence-electron chi connectivity index (χ0n) is 30.0. The maximum Gasteiger partial charge on any atom is 0.224 e. The lowest BCUT2D eigenvalue weighted by molar-refractivity contribution is -0.128. The number of nitrogens with one attached hydrogen (secondary N) is 4. The fourth-order valence-electron chi connectivity index (χ4n) is 5.27. The van der Waals surface area contributed by atoms with Gasteiger partial charge in [-0.05, 0) is 55.9 Å². The van der Waals surface area contributed by atoms with Gasteiger partial charge < -0.3 is 32.1 Å². The highest BCUT2D eigenvalue weighted by Gasteiger charge is 2.28. The Kier molecular flexibility index (Phi) is 11.7. The Labute approximate surface area is 293 Å². The lowest BCUT2D eigenvalue weighted by atomic mass is 9.90. The van der Waals surface area contributed by atoms with Gasteiger partial charge in [-0.15, -0.1) is 0 Å². The van der Waals surface area contributed by atoms with Gasteiger partial charge in [-0.25, -0.2) is 9.97 Å². The van der Waals surface area contributed by atoms with E-state index in [0.717, 1.165) is 39.5 Å². The Bertz CT molecular complexity index is 1800. The second-order valence-corrected chi connectivity index (χ2v) is 14.7. The van der Waals surface area contributed by atoms with Gasteiger partial charge in [0.25, 0.3) is 0 Å². The number of nitrogens with zero attached hydrogens (tertiary/aromatic N) is 2. The molecule has 2 aromatic heterocycles. The van der Waals surface area contributed by atoms with E-state index >= 15 is 0 Å². The van der Waals surface area contributed by atoms with Gasteiger partial charge in [0.05, 0.1) is 34.6 Å². The number of aromatic amines is 2. The Morgan fingerprint density at radius 2 is 1.02 bits per heavy atom. The van der Waals surface area contributed by atoms with Crippen molar-refractivity contribution in [3.8, 4) is 33.6 Å². The largest absolute Gasteiger partial charge is 0.369 e. The zero-order valence-corrected chi connectivity index (χ0v) is 30.0. The first-order valence-electron chi connectivity index (χ1n) is 16.9. The zero-order chi connectivity index (χ0) is 36.8. The molecule has 0 fully saturated rings. The van der Waals surface area contributed by atoms with Crippen molar-refractivity contribution in [1.29, 1.82) is 0 Å². The molecule has 0 radical (unpaired) electrons. The van der Waals surface area contributed by atoms with Crippen LogP contribution in [-0.4, -0.2) is 56.7 Å². The number of carbonyl (C=O) groups excluding carboxylic acids is 4. The second-order valence-electron chi connectivity index (χ2n) is 14.7. The summed E-state index contributed by atoms with van der Waals surface area (Å²) in [5, 5.41) is 5.64. The third-order valence-corrected chi connectivity index (χ3v) is 9.22. The van der Waals surface area contributed by atoms with Crippen molar-refractivity contribution in [2.45, 2.75) is 73.1 Å². The van der Waals surface area contributed by atoms with Crippen LogP contribution in [-0.2, 0) is 19.2 Å². The van der Waals surface area contributed by atoms with Crippen LogP contribution in [0.1, 0.15) is 84.8 Å². The van der Waals surface area contributed by atoms with Gasteiger partial charge in [0, 0.05) is 37.8 Å². The van der Waals surface area contributed by atoms with Crippen molar-refractivity contribution in [2.24, 2.45) is 28.2 Å². The summed E-state index contributed by atoms with van der Waals surface area (Å²) < 4.78 is 0. The van der Waals surface area contributed by atoms with Crippen molar-refractivity contribution < 1.29 is 19.2 Å². The minimum absolute atomic E-state index is 0.126. The van der Waals surface area contributed by atoms with Crippen LogP contribution >= 0.6 is 0 Å². The molecule has 8 N–H and O–H groups in total. The van der Waals surface area contributed by atoms with E-state index in [1.165, 1.54) is 0 Å². The van der Waals surface area contributed by atoms with Gasteiger partial charge in [-0.2, -0.15) is 0 Å². The Hall–Kier alpha value is -5.26. The van der Waals surface area contributed by atoms with E-state index in [-0.39, 0.29) is 55.5 Å². The first-order valence-corrected chi connectivity index (χ1v) is 16.9. The Morgan fingerprint density at radius 1 is 0.640 bits per heavy atom. The van der Waals surface area contributed by atoms with Crippen LogP contribution < -0.4 is 22.1 Å². The van der Waals surface area contributed by atoms with E-state index < -0.39 is 22.6 Å². The summed E-state index contributed by atoms with van der Waals surface area (Å²) in [5.41, 5.74) is 15.0. The molecule has 2 aromatic carbocycles. The molecule has 12 nitrogen and oxygen atoms in total. The monoisotopic (exact) mass is 682 g/mol. The third-order valence-electron chi connectivity index (χ3n) is 9.22. The molecule has 2 heterocycles. The quantitative estimate of drug-likeness (QED) is 0.0958. The first kappa shape index (κ1) is 37.6. The number of rotatable bonds is 16. The number of hydrogen-bond donors (Lipinski definition) is 6. The number of carbonyl (C=O) groups is 4. The molecular formula is C38H50N8O4. The number of hydrogen-bond acceptors (Lipinski definition) is 6. The summed E-state index contributed by atoms with van der Waals surface area (Å²) in [7, 11) is 0. The summed E-state index contributed by atoms with van der Waals surface area (Å²) >= 11 is 0. The number of amides is 4. The van der Waals surface area contributed by atoms with Gasteiger partial charge in [0.2, 0.25) is 23.6 Å². The van der Waals surface area contributed by atoms with Crippen molar-refractivity contribution in [1.82, 2.24) is 30.6 Å². The summed E-state index contributed by atoms with van der Waals surface area (Å²) in [6.45, 7) is 13.2. The van der Waals surface area contributed by atoms with Gasteiger partial charge in [-0.3, -0.25) is 19.2 Å². The average Bonchev–Trinajstić information content (AvgIpc) is 3.77. The summed E-state index contributed by atoms with van der Waals surface area (Å²) in [5.74, 6) is 0.0815. The standard InChI is InChI=1S/C38H50N8O4/c1-22(2)28(17-32(48)44-21-38(6,7)36(40)50)34-42-19-30(46-34)27-14-10-25(11-15-27)24-8-12-26(13-9-24)29-18-41-33(45-29)23(3)16-31(47)43-20-37(4,5)35(39)49/h8-15,18-19,22-23,28H,16-17,20-21H2,1-7H3,(H2,39,49)(H2,40,50)(H,41,45)(H,42,46)(H,43,47)(H,44,48)/t23-,28+/m1/s1. The predicted molar refractivity (Wildman–Crippen MR) is 194 cm³/mol. The molecule has 0 spiro atoms. The van der Waals surface area contributed by atoms with E-state index in [0.29, 0.717) is 5.82 Å². The lowest BCUT2D eigenvalue weighted by Gasteiger charge is -2.22.